The standard InChI is InChI=1S/C58H38N2/c1-57(2)44-26-12-9-23-41(44)51-54(57)52-42-24-10-16-30-49(42)60(56(52)53-43-25-11-17-31-50(43)59(55(51)53)35-18-4-3-5-19-35)36-32-33-40-39-22-8-15-29-47(39)58(48(40)34-36)45-27-13-6-20-37(45)38-21-7-14-28-46(38)58/h3-34H,1-2H3. The second-order valence-corrected chi connectivity index (χ2v) is 17.5. The monoisotopic (exact) mass is 762 g/mol. The van der Waals surface area contributed by atoms with Crippen molar-refractivity contribution in [2.45, 2.75) is 24.7 Å². The van der Waals surface area contributed by atoms with E-state index in [1.807, 2.05) is 0 Å². The Bertz CT molecular complexity index is 3620. The molecule has 3 aliphatic rings. The van der Waals surface area contributed by atoms with Gasteiger partial charge < -0.3 is 9.13 Å². The highest BCUT2D eigenvalue weighted by Gasteiger charge is 2.51. The topological polar surface area (TPSA) is 9.86 Å². The Hall–Kier alpha value is -7.42. The molecule has 2 aromatic heterocycles. The van der Waals surface area contributed by atoms with E-state index in [0.717, 1.165) is 0 Å². The molecule has 0 amide bonds. The Labute approximate surface area is 348 Å². The van der Waals surface area contributed by atoms with Gasteiger partial charge in [0.1, 0.15) is 0 Å². The zero-order valence-corrected chi connectivity index (χ0v) is 33.4. The van der Waals surface area contributed by atoms with Crippen LogP contribution < -0.4 is 0 Å². The number of rotatable bonds is 2. The van der Waals surface area contributed by atoms with E-state index < -0.39 is 5.41 Å². The summed E-state index contributed by atoms with van der Waals surface area (Å²) in [5, 5.41) is 5.19. The van der Waals surface area contributed by atoms with Crippen molar-refractivity contribution in [3.63, 3.8) is 0 Å². The van der Waals surface area contributed by atoms with Crippen LogP contribution >= 0.6 is 0 Å². The minimum Gasteiger partial charge on any atom is -0.309 e. The Kier molecular flexibility index (Phi) is 6.07. The summed E-state index contributed by atoms with van der Waals surface area (Å²) in [7, 11) is 0. The third kappa shape index (κ3) is 3.69. The minimum absolute atomic E-state index is 0.244. The molecule has 3 aliphatic carbocycles. The number of fused-ring (bicyclic) bond motifs is 22. The van der Waals surface area contributed by atoms with Crippen LogP contribution in [-0.4, -0.2) is 9.13 Å². The van der Waals surface area contributed by atoms with Gasteiger partial charge in [0.05, 0.1) is 27.5 Å². The first-order valence-electron chi connectivity index (χ1n) is 21.2. The Morgan fingerprint density at radius 1 is 0.350 bits per heavy atom. The Morgan fingerprint density at radius 2 is 0.817 bits per heavy atom. The fourth-order valence-corrected chi connectivity index (χ4v) is 12.3. The fraction of sp³-hybridized carbons (Fsp3) is 0.0690. The smallest absolute Gasteiger partial charge is 0.0726 e. The first kappa shape index (κ1) is 32.5. The van der Waals surface area contributed by atoms with Crippen molar-refractivity contribution in [2.75, 3.05) is 0 Å². The van der Waals surface area contributed by atoms with Crippen molar-refractivity contribution >= 4 is 43.6 Å². The molecule has 11 aromatic rings. The molecular weight excluding hydrogens is 725 g/mol. The second-order valence-electron chi connectivity index (χ2n) is 17.5. The maximum Gasteiger partial charge on any atom is 0.0726 e. The van der Waals surface area contributed by atoms with Crippen molar-refractivity contribution in [1.82, 2.24) is 9.13 Å². The SMILES string of the molecule is CC1(C)c2ccccc2-c2c1c1c3ccccc3n(-c3ccc4c(c3)C3(c5ccccc5-c5ccccc53)c3ccccc3-4)c1c1c3ccccc3n(-c3ccccc3)c21. The van der Waals surface area contributed by atoms with E-state index in [2.05, 4.69) is 217 Å². The zero-order valence-electron chi connectivity index (χ0n) is 33.4. The maximum atomic E-state index is 2.62. The van der Waals surface area contributed by atoms with Gasteiger partial charge in [-0.1, -0.05) is 172 Å². The molecule has 0 aliphatic heterocycles. The van der Waals surface area contributed by atoms with E-state index in [9.17, 15) is 0 Å². The zero-order chi connectivity index (χ0) is 39.5. The predicted octanol–water partition coefficient (Wildman–Crippen LogP) is 14.5. The summed E-state index contributed by atoms with van der Waals surface area (Å²) in [6, 6.07) is 73.1. The first-order valence-corrected chi connectivity index (χ1v) is 21.2. The molecule has 280 valence electrons. The highest BCUT2D eigenvalue weighted by molar-refractivity contribution is 6.31. The normalized spacial score (nSPS) is 14.8. The molecule has 0 unspecified atom stereocenters. The van der Waals surface area contributed by atoms with Crippen molar-refractivity contribution in [2.24, 2.45) is 0 Å². The predicted molar refractivity (Wildman–Crippen MR) is 249 cm³/mol. The molecule has 1 spiro atoms. The number of hydrogen-bond donors (Lipinski definition) is 0. The van der Waals surface area contributed by atoms with Crippen LogP contribution in [0.2, 0.25) is 0 Å². The van der Waals surface area contributed by atoms with E-state index in [4.69, 9.17) is 0 Å². The molecule has 60 heavy (non-hydrogen) atoms. The van der Waals surface area contributed by atoms with E-state index in [1.165, 1.54) is 122 Å². The third-order valence-corrected chi connectivity index (χ3v) is 14.5. The molecular formula is C58H38N2. The highest BCUT2D eigenvalue weighted by atomic mass is 15.0. The molecule has 2 heteroatoms. The van der Waals surface area contributed by atoms with Crippen LogP contribution in [0.25, 0.3) is 88.4 Å². The summed E-state index contributed by atoms with van der Waals surface area (Å²) < 4.78 is 5.17. The van der Waals surface area contributed by atoms with Crippen LogP contribution in [0.5, 0.6) is 0 Å². The lowest BCUT2D eigenvalue weighted by Crippen LogP contribution is -2.26. The minimum atomic E-state index is -0.433. The van der Waals surface area contributed by atoms with Crippen LogP contribution in [0.1, 0.15) is 47.2 Å². The molecule has 0 bridgehead atoms. The molecule has 9 aromatic carbocycles. The van der Waals surface area contributed by atoms with Crippen molar-refractivity contribution in [3.8, 4) is 44.8 Å². The molecule has 0 fully saturated rings. The number of hydrogen-bond acceptors (Lipinski definition) is 0. The second kappa shape index (κ2) is 11.2. The van der Waals surface area contributed by atoms with Crippen LogP contribution in [0.4, 0.5) is 0 Å². The Balaban J connectivity index is 1.20. The molecule has 0 atom stereocenters. The lowest BCUT2D eigenvalue weighted by molar-refractivity contribution is 0.667. The summed E-state index contributed by atoms with van der Waals surface area (Å²) in [6.45, 7) is 4.88. The average molecular weight is 763 g/mol. The van der Waals surface area contributed by atoms with Gasteiger partial charge in [-0.05, 0) is 97.6 Å². The van der Waals surface area contributed by atoms with Crippen molar-refractivity contribution < 1.29 is 0 Å². The third-order valence-electron chi connectivity index (χ3n) is 14.5. The number of aromatic nitrogens is 2. The van der Waals surface area contributed by atoms with Gasteiger partial charge in [-0.3, -0.25) is 0 Å². The lowest BCUT2D eigenvalue weighted by Gasteiger charge is -2.30. The van der Waals surface area contributed by atoms with Gasteiger partial charge in [-0.2, -0.15) is 0 Å². The quantitative estimate of drug-likeness (QED) is 0.166. The Morgan fingerprint density at radius 3 is 1.43 bits per heavy atom. The molecule has 2 heterocycles. The molecule has 0 saturated carbocycles. The molecule has 2 nitrogen and oxygen atoms in total. The summed E-state index contributed by atoms with van der Waals surface area (Å²) in [6.07, 6.45) is 0. The van der Waals surface area contributed by atoms with Gasteiger partial charge in [-0.15, -0.1) is 0 Å². The average Bonchev–Trinajstić information content (AvgIpc) is 4.05. The van der Waals surface area contributed by atoms with E-state index in [1.54, 1.807) is 0 Å². The largest absolute Gasteiger partial charge is 0.309 e. The van der Waals surface area contributed by atoms with Crippen LogP contribution in [0, 0.1) is 0 Å². The van der Waals surface area contributed by atoms with Gasteiger partial charge in [0, 0.05) is 43.9 Å². The van der Waals surface area contributed by atoms with Crippen molar-refractivity contribution in [3.05, 3.63) is 228 Å². The molecule has 0 N–H and O–H groups in total. The van der Waals surface area contributed by atoms with E-state index >= 15 is 0 Å². The summed E-state index contributed by atoms with van der Waals surface area (Å²) in [4.78, 5) is 0. The molecule has 0 radical (unpaired) electrons. The fourth-order valence-electron chi connectivity index (χ4n) is 12.3. The van der Waals surface area contributed by atoms with Gasteiger partial charge in [0.15, 0.2) is 0 Å². The van der Waals surface area contributed by atoms with E-state index in [-0.39, 0.29) is 5.41 Å². The lowest BCUT2D eigenvalue weighted by atomic mass is 9.70. The summed E-state index contributed by atoms with van der Waals surface area (Å²) in [5.74, 6) is 0. The van der Waals surface area contributed by atoms with Crippen LogP contribution in [0.15, 0.2) is 194 Å². The maximum absolute atomic E-state index is 2.62. The van der Waals surface area contributed by atoms with Gasteiger partial charge >= 0.3 is 0 Å². The van der Waals surface area contributed by atoms with Gasteiger partial charge in [0.25, 0.3) is 0 Å². The first-order chi connectivity index (χ1) is 29.6. The summed E-state index contributed by atoms with van der Waals surface area (Å²) >= 11 is 0. The number of nitrogens with zero attached hydrogens (tertiary/aromatic N) is 2. The molecule has 0 saturated heterocycles. The number of para-hydroxylation sites is 3. The highest BCUT2D eigenvalue weighted by Crippen LogP contribution is 2.63. The van der Waals surface area contributed by atoms with Gasteiger partial charge in [0.2, 0.25) is 0 Å². The van der Waals surface area contributed by atoms with E-state index in [0.29, 0.717) is 0 Å². The number of benzene rings is 9. The molecule has 14 rings (SSSR count). The van der Waals surface area contributed by atoms with Crippen molar-refractivity contribution in [1.29, 1.82) is 0 Å². The summed E-state index contributed by atoms with van der Waals surface area (Å²) in [5.41, 5.74) is 22.8. The van der Waals surface area contributed by atoms with Gasteiger partial charge in [-0.25, -0.2) is 0 Å². The van der Waals surface area contributed by atoms with Crippen LogP contribution in [0.3, 0.4) is 0 Å². The van der Waals surface area contributed by atoms with Crippen LogP contribution in [-0.2, 0) is 10.8 Å².